The van der Waals surface area contributed by atoms with Gasteiger partial charge >= 0.3 is 0 Å². The maximum Gasteiger partial charge on any atom is 0.282 e. The quantitative estimate of drug-likeness (QED) is 0.684. The molecule has 0 bridgehead atoms. The summed E-state index contributed by atoms with van der Waals surface area (Å²) in [5.41, 5.74) is 4.71. The molecule has 1 fully saturated rings. The molecule has 0 aromatic heterocycles. The van der Waals surface area contributed by atoms with Crippen molar-refractivity contribution in [3.63, 3.8) is 0 Å². The molecule has 2 aromatic carbocycles. The molecule has 5 heteroatoms. The number of hydrogen-bond acceptors (Lipinski definition) is 4. The van der Waals surface area contributed by atoms with Crippen LogP contribution in [0.2, 0.25) is 0 Å². The molecule has 0 radical (unpaired) electrons. The van der Waals surface area contributed by atoms with Gasteiger partial charge in [-0.25, -0.2) is 4.90 Å². The SMILES string of the molecule is CCCCc1ccc(N2C(=O)C(c3ccc(C)cc3)=C(N3CCOCC3)C2=O)cc1. The smallest absolute Gasteiger partial charge is 0.282 e. The lowest BCUT2D eigenvalue weighted by Crippen LogP contribution is -2.40. The highest BCUT2D eigenvalue weighted by molar-refractivity contribution is 6.45. The molecule has 0 saturated carbocycles. The minimum Gasteiger partial charge on any atom is -0.378 e. The zero-order valence-electron chi connectivity index (χ0n) is 17.7. The van der Waals surface area contributed by atoms with E-state index in [1.54, 1.807) is 0 Å². The van der Waals surface area contributed by atoms with Gasteiger partial charge in [-0.15, -0.1) is 0 Å². The van der Waals surface area contributed by atoms with E-state index in [0.717, 1.165) is 30.4 Å². The van der Waals surface area contributed by atoms with Crippen LogP contribution >= 0.6 is 0 Å². The number of anilines is 1. The largest absolute Gasteiger partial charge is 0.378 e. The van der Waals surface area contributed by atoms with Gasteiger partial charge in [0.25, 0.3) is 11.8 Å². The molecule has 2 aliphatic rings. The van der Waals surface area contributed by atoms with Crippen LogP contribution in [0.5, 0.6) is 0 Å². The number of hydrogen-bond donors (Lipinski definition) is 0. The number of nitrogens with zero attached hydrogens (tertiary/aromatic N) is 2. The second-order valence-corrected chi connectivity index (χ2v) is 7.90. The van der Waals surface area contributed by atoms with Crippen LogP contribution in [0.3, 0.4) is 0 Å². The number of ether oxygens (including phenoxy) is 1. The minimum atomic E-state index is -0.258. The Labute approximate surface area is 177 Å². The first-order chi connectivity index (χ1) is 14.6. The molecule has 30 heavy (non-hydrogen) atoms. The van der Waals surface area contributed by atoms with Crippen molar-refractivity contribution in [2.75, 3.05) is 31.2 Å². The Hall–Kier alpha value is -2.92. The van der Waals surface area contributed by atoms with Crippen LogP contribution < -0.4 is 4.90 Å². The van der Waals surface area contributed by atoms with Crippen LogP contribution in [0.25, 0.3) is 5.57 Å². The summed E-state index contributed by atoms with van der Waals surface area (Å²) in [7, 11) is 0. The molecule has 5 nitrogen and oxygen atoms in total. The summed E-state index contributed by atoms with van der Waals surface area (Å²) in [4.78, 5) is 30.3. The molecule has 4 rings (SSSR count). The minimum absolute atomic E-state index is 0.251. The van der Waals surface area contributed by atoms with Gasteiger partial charge in [0, 0.05) is 13.1 Å². The third-order valence-electron chi connectivity index (χ3n) is 5.74. The topological polar surface area (TPSA) is 49.9 Å². The molecule has 2 amide bonds. The first kappa shape index (κ1) is 20.4. The van der Waals surface area contributed by atoms with E-state index in [9.17, 15) is 9.59 Å². The highest BCUT2D eigenvalue weighted by Gasteiger charge is 2.42. The summed E-state index contributed by atoms with van der Waals surface area (Å²) in [6, 6.07) is 15.6. The van der Waals surface area contributed by atoms with Crippen LogP contribution in [0.1, 0.15) is 36.5 Å². The summed E-state index contributed by atoms with van der Waals surface area (Å²) in [5, 5.41) is 0. The molecule has 1 saturated heterocycles. The predicted molar refractivity (Wildman–Crippen MR) is 118 cm³/mol. The van der Waals surface area contributed by atoms with E-state index < -0.39 is 0 Å². The van der Waals surface area contributed by atoms with Crippen molar-refractivity contribution in [1.82, 2.24) is 4.90 Å². The van der Waals surface area contributed by atoms with Crippen LogP contribution in [-0.4, -0.2) is 43.0 Å². The summed E-state index contributed by atoms with van der Waals surface area (Å²) >= 11 is 0. The second-order valence-electron chi connectivity index (χ2n) is 7.90. The van der Waals surface area contributed by atoms with Crippen molar-refractivity contribution in [2.45, 2.75) is 33.1 Å². The average Bonchev–Trinajstić information content (AvgIpc) is 3.04. The molecule has 0 N–H and O–H groups in total. The van der Waals surface area contributed by atoms with E-state index in [-0.39, 0.29) is 11.8 Å². The molecule has 2 aromatic rings. The van der Waals surface area contributed by atoms with Crippen LogP contribution in [0, 0.1) is 6.92 Å². The maximum absolute atomic E-state index is 13.5. The Bertz CT molecular complexity index is 955. The average molecular weight is 405 g/mol. The third kappa shape index (κ3) is 3.90. The second kappa shape index (κ2) is 8.84. The van der Waals surface area contributed by atoms with Crippen molar-refractivity contribution in [1.29, 1.82) is 0 Å². The van der Waals surface area contributed by atoms with Crippen LogP contribution in [0.4, 0.5) is 5.69 Å². The standard InChI is InChI=1S/C25H28N2O3/c1-3-4-5-19-8-12-21(13-9-19)27-24(28)22(20-10-6-18(2)7-11-20)23(25(27)29)26-14-16-30-17-15-26/h6-13H,3-5,14-17H2,1-2H3. The molecule has 0 unspecified atom stereocenters. The molecule has 0 aliphatic carbocycles. The van der Waals surface area contributed by atoms with Crippen LogP contribution in [-0.2, 0) is 20.7 Å². The van der Waals surface area contributed by atoms with Gasteiger partial charge in [0.2, 0.25) is 0 Å². The number of carbonyl (C=O) groups is 2. The first-order valence-electron chi connectivity index (χ1n) is 10.7. The van der Waals surface area contributed by atoms with E-state index in [4.69, 9.17) is 4.74 Å². The zero-order chi connectivity index (χ0) is 21.1. The van der Waals surface area contributed by atoms with Crippen molar-refractivity contribution in [3.05, 3.63) is 70.9 Å². The Kier molecular flexibility index (Phi) is 6.00. The Balaban J connectivity index is 1.71. The molecular weight excluding hydrogens is 376 g/mol. The summed E-state index contributed by atoms with van der Waals surface area (Å²) in [6.07, 6.45) is 3.27. The van der Waals surface area contributed by atoms with Gasteiger partial charge in [-0.05, 0) is 43.0 Å². The normalized spacial score (nSPS) is 17.3. The summed E-state index contributed by atoms with van der Waals surface area (Å²) in [6.45, 7) is 6.49. The lowest BCUT2D eigenvalue weighted by Gasteiger charge is -2.29. The molecular formula is C25H28N2O3. The Morgan fingerprint density at radius 1 is 0.900 bits per heavy atom. The van der Waals surface area contributed by atoms with E-state index in [0.29, 0.717) is 43.3 Å². The lowest BCUT2D eigenvalue weighted by molar-refractivity contribution is -0.121. The highest BCUT2D eigenvalue weighted by Crippen LogP contribution is 2.35. The van der Waals surface area contributed by atoms with E-state index >= 15 is 0 Å². The van der Waals surface area contributed by atoms with E-state index in [2.05, 4.69) is 6.92 Å². The van der Waals surface area contributed by atoms with Crippen LogP contribution in [0.15, 0.2) is 54.2 Å². The van der Waals surface area contributed by atoms with E-state index in [1.165, 1.54) is 10.5 Å². The number of morpholine rings is 1. The number of benzene rings is 2. The Morgan fingerprint density at radius 3 is 2.20 bits per heavy atom. The number of carbonyl (C=O) groups excluding carboxylic acids is 2. The number of unbranched alkanes of at least 4 members (excludes halogenated alkanes) is 1. The van der Waals surface area contributed by atoms with Gasteiger partial charge in [0.05, 0.1) is 24.5 Å². The van der Waals surface area contributed by atoms with Gasteiger partial charge in [-0.2, -0.15) is 0 Å². The fraction of sp³-hybridized carbons (Fsp3) is 0.360. The predicted octanol–water partition coefficient (Wildman–Crippen LogP) is 3.95. The third-order valence-corrected chi connectivity index (χ3v) is 5.74. The van der Waals surface area contributed by atoms with Crippen molar-refractivity contribution in [2.24, 2.45) is 0 Å². The first-order valence-corrected chi connectivity index (χ1v) is 10.7. The van der Waals surface area contributed by atoms with E-state index in [1.807, 2.05) is 60.4 Å². The fourth-order valence-corrected chi connectivity index (χ4v) is 4.01. The highest BCUT2D eigenvalue weighted by atomic mass is 16.5. The molecule has 0 atom stereocenters. The van der Waals surface area contributed by atoms with Crippen molar-refractivity contribution in [3.8, 4) is 0 Å². The zero-order valence-corrected chi connectivity index (χ0v) is 17.7. The van der Waals surface area contributed by atoms with Gasteiger partial charge in [0.1, 0.15) is 5.70 Å². The van der Waals surface area contributed by atoms with Gasteiger partial charge in [-0.3, -0.25) is 9.59 Å². The summed E-state index contributed by atoms with van der Waals surface area (Å²) < 4.78 is 5.46. The molecule has 156 valence electrons. The van der Waals surface area contributed by atoms with Gasteiger partial charge in [-0.1, -0.05) is 55.3 Å². The van der Waals surface area contributed by atoms with Gasteiger partial charge < -0.3 is 9.64 Å². The molecule has 0 spiro atoms. The number of amides is 2. The molecule has 2 aliphatic heterocycles. The lowest BCUT2D eigenvalue weighted by atomic mass is 10.0. The number of aryl methyl sites for hydroxylation is 2. The fourth-order valence-electron chi connectivity index (χ4n) is 4.01. The van der Waals surface area contributed by atoms with Gasteiger partial charge in [0.15, 0.2) is 0 Å². The van der Waals surface area contributed by atoms with Crippen molar-refractivity contribution < 1.29 is 14.3 Å². The van der Waals surface area contributed by atoms with Crippen molar-refractivity contribution >= 4 is 23.1 Å². The number of rotatable bonds is 6. The number of imide groups is 1. The monoisotopic (exact) mass is 404 g/mol. The molecule has 2 heterocycles. The summed E-state index contributed by atoms with van der Waals surface area (Å²) in [5.74, 6) is -0.509. The maximum atomic E-state index is 13.5. The Morgan fingerprint density at radius 2 is 1.57 bits per heavy atom.